The van der Waals surface area contributed by atoms with E-state index in [0.29, 0.717) is 6.04 Å². The number of nitrogens with zero attached hydrogens (tertiary/aromatic N) is 1. The molecule has 4 nitrogen and oxygen atoms in total. The Labute approximate surface area is 150 Å². The molecule has 2 aromatic rings. The molecule has 0 aromatic heterocycles. The second kappa shape index (κ2) is 7.68. The van der Waals surface area contributed by atoms with Crippen molar-refractivity contribution in [1.29, 1.82) is 0 Å². The molecule has 120 valence electrons. The van der Waals surface area contributed by atoms with Gasteiger partial charge in [-0.05, 0) is 65.4 Å². The highest BCUT2D eigenvalue weighted by Crippen LogP contribution is 2.17. The van der Waals surface area contributed by atoms with Crippen molar-refractivity contribution in [2.24, 2.45) is 0 Å². The maximum Gasteiger partial charge on any atom is 0.260 e. The third kappa shape index (κ3) is 4.60. The van der Waals surface area contributed by atoms with Crippen molar-refractivity contribution in [3.05, 3.63) is 58.2 Å². The van der Waals surface area contributed by atoms with Crippen molar-refractivity contribution in [2.45, 2.75) is 12.5 Å². The quantitative estimate of drug-likeness (QED) is 0.752. The Balaban J connectivity index is 1.46. The largest absolute Gasteiger partial charge is 0.484 e. The molecule has 1 aliphatic rings. The van der Waals surface area contributed by atoms with Crippen LogP contribution in [0, 0.1) is 3.57 Å². The van der Waals surface area contributed by atoms with Gasteiger partial charge in [0.2, 0.25) is 0 Å². The molecule has 3 rings (SSSR count). The van der Waals surface area contributed by atoms with Crippen LogP contribution >= 0.6 is 22.6 Å². The van der Waals surface area contributed by atoms with E-state index in [-0.39, 0.29) is 12.5 Å². The van der Waals surface area contributed by atoms with Gasteiger partial charge in [0.05, 0.1) is 0 Å². The van der Waals surface area contributed by atoms with Gasteiger partial charge in [0.1, 0.15) is 5.75 Å². The summed E-state index contributed by atoms with van der Waals surface area (Å²) >= 11 is 2.24. The number of hydrogen-bond acceptors (Lipinski definition) is 3. The number of carbonyl (C=O) groups excluding carboxylic acids is 1. The molecule has 0 bridgehead atoms. The lowest BCUT2D eigenvalue weighted by Crippen LogP contribution is -2.34. The van der Waals surface area contributed by atoms with Crippen LogP contribution in [-0.2, 0) is 4.79 Å². The fourth-order valence-corrected chi connectivity index (χ4v) is 3.00. The lowest BCUT2D eigenvalue weighted by atomic mass is 10.2. The maximum atomic E-state index is 12.3. The van der Waals surface area contributed by atoms with E-state index in [1.54, 1.807) is 0 Å². The zero-order valence-corrected chi connectivity index (χ0v) is 14.9. The Hall–Kier alpha value is -1.76. The van der Waals surface area contributed by atoms with Crippen molar-refractivity contribution in [3.8, 4) is 5.75 Å². The molecule has 1 N–H and O–H groups in total. The zero-order chi connectivity index (χ0) is 16.1. The molecule has 0 spiro atoms. The number of amides is 1. The fraction of sp³-hybridized carbons (Fsp3) is 0.278. The van der Waals surface area contributed by atoms with Gasteiger partial charge in [-0.15, -0.1) is 0 Å². The molecule has 0 saturated carbocycles. The Morgan fingerprint density at radius 2 is 1.91 bits per heavy atom. The molecular formula is C18H19IN2O2. The Morgan fingerprint density at radius 1 is 1.17 bits per heavy atom. The highest BCUT2D eigenvalue weighted by Gasteiger charge is 2.26. The first-order valence-electron chi connectivity index (χ1n) is 7.68. The monoisotopic (exact) mass is 422 g/mol. The number of halogens is 1. The summed E-state index contributed by atoms with van der Waals surface area (Å²) in [5, 5.41) is 3.47. The number of ether oxygens (including phenoxy) is 1. The Bertz CT molecular complexity index is 646. The second-order valence-electron chi connectivity index (χ2n) is 5.58. The van der Waals surface area contributed by atoms with E-state index in [4.69, 9.17) is 4.74 Å². The van der Waals surface area contributed by atoms with Gasteiger partial charge in [-0.2, -0.15) is 0 Å². The number of nitrogens with one attached hydrogen (secondary N) is 1. The van der Waals surface area contributed by atoms with Crippen LogP contribution in [0.5, 0.6) is 5.75 Å². The molecule has 1 fully saturated rings. The molecule has 0 radical (unpaired) electrons. The molecule has 1 heterocycles. The summed E-state index contributed by atoms with van der Waals surface area (Å²) in [4.78, 5) is 14.1. The van der Waals surface area contributed by atoms with Crippen LogP contribution in [0.4, 0.5) is 5.69 Å². The van der Waals surface area contributed by atoms with Crippen LogP contribution in [0.1, 0.15) is 6.42 Å². The van der Waals surface area contributed by atoms with Crippen molar-refractivity contribution in [3.63, 3.8) is 0 Å². The summed E-state index contributed by atoms with van der Waals surface area (Å²) < 4.78 is 6.72. The highest BCUT2D eigenvalue weighted by molar-refractivity contribution is 14.1. The average molecular weight is 422 g/mol. The van der Waals surface area contributed by atoms with Gasteiger partial charge in [-0.3, -0.25) is 4.79 Å². The van der Waals surface area contributed by atoms with Gasteiger partial charge in [0, 0.05) is 28.4 Å². The average Bonchev–Trinajstić information content (AvgIpc) is 3.03. The van der Waals surface area contributed by atoms with Gasteiger partial charge in [-0.25, -0.2) is 0 Å². The van der Waals surface area contributed by atoms with E-state index in [9.17, 15) is 4.79 Å². The second-order valence-corrected chi connectivity index (χ2v) is 6.82. The SMILES string of the molecule is O=C(COc1ccc(I)cc1)N1CCC(Nc2ccccc2)C1. The fourth-order valence-electron chi connectivity index (χ4n) is 2.64. The molecule has 1 unspecified atom stereocenters. The summed E-state index contributed by atoms with van der Waals surface area (Å²) in [6.07, 6.45) is 0.962. The lowest BCUT2D eigenvalue weighted by Gasteiger charge is -2.18. The number of carbonyl (C=O) groups is 1. The van der Waals surface area contributed by atoms with Crippen molar-refractivity contribution in [1.82, 2.24) is 4.90 Å². The normalized spacial score (nSPS) is 17.1. The Kier molecular flexibility index (Phi) is 5.38. The van der Waals surface area contributed by atoms with Crippen LogP contribution in [0.15, 0.2) is 54.6 Å². The molecule has 1 aliphatic heterocycles. The van der Waals surface area contributed by atoms with Gasteiger partial charge >= 0.3 is 0 Å². The number of hydrogen-bond donors (Lipinski definition) is 1. The summed E-state index contributed by atoms with van der Waals surface area (Å²) in [5.74, 6) is 0.776. The Morgan fingerprint density at radius 3 is 2.65 bits per heavy atom. The van der Waals surface area contributed by atoms with Gasteiger partial charge < -0.3 is 15.0 Å². The standard InChI is InChI=1S/C18H19IN2O2/c19-14-6-8-17(9-7-14)23-13-18(22)21-11-10-16(12-21)20-15-4-2-1-3-5-15/h1-9,16,20H,10-13H2. The third-order valence-corrected chi connectivity index (χ3v) is 4.58. The van der Waals surface area contributed by atoms with Crippen molar-refractivity contribution < 1.29 is 9.53 Å². The lowest BCUT2D eigenvalue weighted by molar-refractivity contribution is -0.132. The van der Waals surface area contributed by atoms with Crippen molar-refractivity contribution in [2.75, 3.05) is 25.0 Å². The van der Waals surface area contributed by atoms with Gasteiger partial charge in [-0.1, -0.05) is 18.2 Å². The number of likely N-dealkylation sites (tertiary alicyclic amines) is 1. The minimum atomic E-state index is 0.0425. The predicted molar refractivity (Wildman–Crippen MR) is 99.7 cm³/mol. The number of rotatable bonds is 5. The van der Waals surface area contributed by atoms with E-state index in [0.717, 1.165) is 34.5 Å². The molecule has 1 saturated heterocycles. The van der Waals surface area contributed by atoms with E-state index in [1.165, 1.54) is 0 Å². The first-order chi connectivity index (χ1) is 11.2. The van der Waals surface area contributed by atoms with Gasteiger partial charge in [0.15, 0.2) is 6.61 Å². The predicted octanol–water partition coefficient (Wildman–Crippen LogP) is 3.38. The first kappa shape index (κ1) is 16.1. The number of para-hydroxylation sites is 1. The number of benzene rings is 2. The van der Waals surface area contributed by atoms with E-state index in [1.807, 2.05) is 59.5 Å². The van der Waals surface area contributed by atoms with Crippen molar-refractivity contribution >= 4 is 34.2 Å². The molecule has 2 aromatic carbocycles. The van der Waals surface area contributed by atoms with Gasteiger partial charge in [0.25, 0.3) is 5.91 Å². The minimum absolute atomic E-state index is 0.0425. The zero-order valence-electron chi connectivity index (χ0n) is 12.7. The van der Waals surface area contributed by atoms with E-state index < -0.39 is 0 Å². The van der Waals surface area contributed by atoms with Crippen LogP contribution < -0.4 is 10.1 Å². The molecular weight excluding hydrogens is 403 g/mol. The van der Waals surface area contributed by atoms with Crippen LogP contribution in [0.25, 0.3) is 0 Å². The maximum absolute atomic E-state index is 12.3. The van der Waals surface area contributed by atoms with E-state index >= 15 is 0 Å². The summed E-state index contributed by atoms with van der Waals surface area (Å²) in [6.45, 7) is 1.60. The molecule has 0 aliphatic carbocycles. The highest BCUT2D eigenvalue weighted by atomic mass is 127. The third-order valence-electron chi connectivity index (χ3n) is 3.86. The number of anilines is 1. The molecule has 23 heavy (non-hydrogen) atoms. The van der Waals surface area contributed by atoms with Crippen LogP contribution in [0.2, 0.25) is 0 Å². The van der Waals surface area contributed by atoms with Crippen LogP contribution in [0.3, 0.4) is 0 Å². The summed E-state index contributed by atoms with van der Waals surface area (Å²) in [5.41, 5.74) is 1.10. The molecule has 5 heteroatoms. The van der Waals surface area contributed by atoms with E-state index in [2.05, 4.69) is 27.9 Å². The van der Waals surface area contributed by atoms with Crippen LogP contribution in [-0.4, -0.2) is 36.5 Å². The summed E-state index contributed by atoms with van der Waals surface area (Å²) in [7, 11) is 0. The topological polar surface area (TPSA) is 41.6 Å². The smallest absolute Gasteiger partial charge is 0.260 e. The molecule has 1 amide bonds. The first-order valence-corrected chi connectivity index (χ1v) is 8.76. The minimum Gasteiger partial charge on any atom is -0.484 e. The summed E-state index contributed by atoms with van der Waals surface area (Å²) in [6, 6.07) is 18.1. The molecule has 1 atom stereocenters.